The van der Waals surface area contributed by atoms with Crippen molar-refractivity contribution in [2.75, 3.05) is 6.61 Å². The molecule has 6 nitrogen and oxygen atoms in total. The Hall–Kier alpha value is -1.43. The molecule has 6 heteroatoms. The Bertz CT molecular complexity index is 484. The van der Waals surface area contributed by atoms with E-state index in [1.165, 1.54) is 0 Å². The van der Waals surface area contributed by atoms with E-state index in [0.29, 0.717) is 19.1 Å². The second kappa shape index (κ2) is 7.02. The molecule has 2 atom stereocenters. The van der Waals surface area contributed by atoms with E-state index in [1.807, 2.05) is 11.6 Å². The van der Waals surface area contributed by atoms with Crippen molar-refractivity contribution in [1.29, 1.82) is 0 Å². The summed E-state index contributed by atoms with van der Waals surface area (Å²) in [4.78, 5) is 12.3. The molecule has 1 aromatic heterocycles. The Labute approximate surface area is 126 Å². The maximum Gasteiger partial charge on any atom is 0.223 e. The van der Waals surface area contributed by atoms with Gasteiger partial charge >= 0.3 is 0 Å². The van der Waals surface area contributed by atoms with Gasteiger partial charge in [0.1, 0.15) is 5.82 Å². The third kappa shape index (κ3) is 3.81. The lowest BCUT2D eigenvalue weighted by Gasteiger charge is -2.28. The minimum absolute atomic E-state index is 0.0569. The number of nitrogens with zero attached hydrogens (tertiary/aromatic N) is 3. The average molecular weight is 294 g/mol. The largest absolute Gasteiger partial charge is 0.378 e. The van der Waals surface area contributed by atoms with Crippen LogP contribution in [0.4, 0.5) is 0 Å². The van der Waals surface area contributed by atoms with Gasteiger partial charge in [-0.1, -0.05) is 20.8 Å². The molecule has 1 saturated heterocycles. The van der Waals surface area contributed by atoms with Crippen LogP contribution >= 0.6 is 0 Å². The van der Waals surface area contributed by atoms with E-state index >= 15 is 0 Å². The lowest BCUT2D eigenvalue weighted by Crippen LogP contribution is -2.37. The monoisotopic (exact) mass is 294 g/mol. The van der Waals surface area contributed by atoms with Crippen LogP contribution in [0.1, 0.15) is 57.6 Å². The summed E-state index contributed by atoms with van der Waals surface area (Å²) in [6, 6.07) is 0. The van der Waals surface area contributed by atoms with Crippen LogP contribution < -0.4 is 5.32 Å². The van der Waals surface area contributed by atoms with Crippen LogP contribution in [0.5, 0.6) is 0 Å². The molecule has 2 heterocycles. The number of hydrogen-bond acceptors (Lipinski definition) is 4. The molecule has 0 bridgehead atoms. The molecule has 0 unspecified atom stereocenters. The summed E-state index contributed by atoms with van der Waals surface area (Å²) >= 11 is 0. The van der Waals surface area contributed by atoms with Gasteiger partial charge in [0.15, 0.2) is 5.82 Å². The first-order chi connectivity index (χ1) is 10.0. The summed E-state index contributed by atoms with van der Waals surface area (Å²) in [6.45, 7) is 7.37. The lowest BCUT2D eigenvalue weighted by atomic mass is 9.93. The van der Waals surface area contributed by atoms with Gasteiger partial charge in [-0.3, -0.25) is 4.79 Å². The summed E-state index contributed by atoms with van der Waals surface area (Å²) in [6.07, 6.45) is 2.80. The zero-order valence-corrected chi connectivity index (χ0v) is 13.4. The van der Waals surface area contributed by atoms with Crippen LogP contribution in [-0.2, 0) is 23.1 Å². The number of carbonyl (C=O) groups excluding carboxylic acids is 1. The smallest absolute Gasteiger partial charge is 0.223 e. The molecule has 1 aliphatic heterocycles. The first kappa shape index (κ1) is 15.9. The highest BCUT2D eigenvalue weighted by Crippen LogP contribution is 2.22. The van der Waals surface area contributed by atoms with E-state index in [9.17, 15) is 4.79 Å². The quantitative estimate of drug-likeness (QED) is 0.898. The van der Waals surface area contributed by atoms with E-state index in [-0.39, 0.29) is 17.9 Å². The fraction of sp³-hybridized carbons (Fsp3) is 0.800. The minimum Gasteiger partial charge on any atom is -0.378 e. The zero-order chi connectivity index (χ0) is 15.4. The molecule has 118 valence electrons. The van der Waals surface area contributed by atoms with Gasteiger partial charge in [-0.2, -0.15) is 0 Å². The van der Waals surface area contributed by atoms with Crippen molar-refractivity contribution in [2.45, 2.75) is 58.6 Å². The van der Waals surface area contributed by atoms with Crippen LogP contribution in [0.25, 0.3) is 0 Å². The molecule has 21 heavy (non-hydrogen) atoms. The molecule has 1 amide bonds. The topological polar surface area (TPSA) is 69.0 Å². The lowest BCUT2D eigenvalue weighted by molar-refractivity contribution is -0.130. The average Bonchev–Trinajstić information content (AvgIpc) is 2.86. The van der Waals surface area contributed by atoms with Gasteiger partial charge in [0.2, 0.25) is 5.91 Å². The van der Waals surface area contributed by atoms with Crippen molar-refractivity contribution >= 4 is 5.91 Å². The van der Waals surface area contributed by atoms with Gasteiger partial charge in [0.25, 0.3) is 0 Å². The third-order valence-corrected chi connectivity index (χ3v) is 4.13. The van der Waals surface area contributed by atoms with Crippen LogP contribution in [0.2, 0.25) is 0 Å². The Balaban J connectivity index is 1.89. The number of amides is 1. The highest BCUT2D eigenvalue weighted by atomic mass is 16.5. The van der Waals surface area contributed by atoms with Crippen molar-refractivity contribution in [3.05, 3.63) is 11.6 Å². The Morgan fingerprint density at radius 2 is 2.24 bits per heavy atom. The first-order valence-electron chi connectivity index (χ1n) is 7.80. The normalized spacial score (nSPS) is 22.5. The molecule has 1 fully saturated rings. The minimum atomic E-state index is 0.0569. The molecule has 0 spiro atoms. The predicted octanol–water partition coefficient (Wildman–Crippen LogP) is 1.76. The Morgan fingerprint density at radius 1 is 1.48 bits per heavy atom. The molecule has 1 aromatic rings. The fourth-order valence-corrected chi connectivity index (χ4v) is 2.75. The maximum atomic E-state index is 12.3. The van der Waals surface area contributed by atoms with Crippen LogP contribution in [0, 0.1) is 5.92 Å². The summed E-state index contributed by atoms with van der Waals surface area (Å²) in [5.41, 5.74) is 0. The van der Waals surface area contributed by atoms with E-state index < -0.39 is 0 Å². The number of nitrogens with one attached hydrogen (secondary N) is 1. The van der Waals surface area contributed by atoms with Crippen LogP contribution in [0.3, 0.4) is 0 Å². The summed E-state index contributed by atoms with van der Waals surface area (Å²) in [7, 11) is 1.94. The second-order valence-electron chi connectivity index (χ2n) is 6.03. The first-order valence-corrected chi connectivity index (χ1v) is 7.80. The number of aromatic nitrogens is 3. The van der Waals surface area contributed by atoms with E-state index in [2.05, 4.69) is 36.3 Å². The molecule has 2 rings (SSSR count). The molecular weight excluding hydrogens is 268 g/mol. The van der Waals surface area contributed by atoms with E-state index in [1.54, 1.807) is 0 Å². The van der Waals surface area contributed by atoms with Crippen molar-refractivity contribution in [2.24, 2.45) is 13.0 Å². The number of ether oxygens (including phenoxy) is 1. The molecule has 0 aromatic carbocycles. The number of carbonyl (C=O) groups is 1. The Morgan fingerprint density at radius 3 is 2.86 bits per heavy atom. The maximum absolute atomic E-state index is 12.3. The van der Waals surface area contributed by atoms with Gasteiger partial charge in [0.05, 0.1) is 12.6 Å². The van der Waals surface area contributed by atoms with Crippen LogP contribution in [-0.4, -0.2) is 33.4 Å². The predicted molar refractivity (Wildman–Crippen MR) is 79.7 cm³/mol. The zero-order valence-electron chi connectivity index (χ0n) is 13.4. The van der Waals surface area contributed by atoms with Gasteiger partial charge in [-0.15, -0.1) is 10.2 Å². The fourth-order valence-electron chi connectivity index (χ4n) is 2.75. The Kier molecular flexibility index (Phi) is 5.33. The highest BCUT2D eigenvalue weighted by Gasteiger charge is 2.27. The molecule has 1 aliphatic rings. The van der Waals surface area contributed by atoms with Gasteiger partial charge in [-0.05, 0) is 19.3 Å². The SMILES string of the molecule is CC[C@@H]1C[C@@H](C(=O)NCc2nnc(C(C)C)n2C)CCO1. The van der Waals surface area contributed by atoms with Crippen molar-refractivity contribution in [1.82, 2.24) is 20.1 Å². The van der Waals surface area contributed by atoms with Crippen molar-refractivity contribution in [3.63, 3.8) is 0 Å². The van der Waals surface area contributed by atoms with Gasteiger partial charge < -0.3 is 14.6 Å². The second-order valence-corrected chi connectivity index (χ2v) is 6.03. The molecule has 0 aliphatic carbocycles. The summed E-state index contributed by atoms with van der Waals surface area (Å²) in [5, 5.41) is 11.3. The van der Waals surface area contributed by atoms with E-state index in [4.69, 9.17) is 4.74 Å². The van der Waals surface area contributed by atoms with Gasteiger partial charge in [-0.25, -0.2) is 0 Å². The van der Waals surface area contributed by atoms with Gasteiger partial charge in [0, 0.05) is 25.5 Å². The number of rotatable bonds is 5. The molecule has 0 saturated carbocycles. The van der Waals surface area contributed by atoms with Crippen LogP contribution in [0.15, 0.2) is 0 Å². The standard InChI is InChI=1S/C15H26N4O2/c1-5-12-8-11(6-7-21-12)15(20)16-9-13-17-18-14(10(2)3)19(13)4/h10-12H,5-9H2,1-4H3,(H,16,20)/t11-,12+/m0/s1. The third-order valence-electron chi connectivity index (χ3n) is 4.13. The van der Waals surface area contributed by atoms with Crippen molar-refractivity contribution < 1.29 is 9.53 Å². The number of hydrogen-bond donors (Lipinski definition) is 1. The molecule has 0 radical (unpaired) electrons. The highest BCUT2D eigenvalue weighted by molar-refractivity contribution is 5.78. The summed E-state index contributed by atoms with van der Waals surface area (Å²) in [5.74, 6) is 2.22. The molecule has 1 N–H and O–H groups in total. The summed E-state index contributed by atoms with van der Waals surface area (Å²) < 4.78 is 7.57. The van der Waals surface area contributed by atoms with E-state index in [0.717, 1.165) is 30.9 Å². The van der Waals surface area contributed by atoms with Crippen molar-refractivity contribution in [3.8, 4) is 0 Å². The molecular formula is C15H26N4O2.